The molecule has 6 nitrogen and oxygen atoms in total. The summed E-state index contributed by atoms with van der Waals surface area (Å²) in [6.45, 7) is 8.25. The molecule has 0 spiro atoms. The molecule has 0 aliphatic heterocycles. The standard InChI is InChI=1S/C12H20N6/c1-12(2,3)17-5-6-18(4)11-9-10(14-7-13-9)15-8-16-11/h7-8,17H,5-6H2,1-4H3,(H,13,14,15,16). The van der Waals surface area contributed by atoms with Crippen LogP contribution in [-0.4, -0.2) is 45.6 Å². The zero-order valence-electron chi connectivity index (χ0n) is 11.4. The summed E-state index contributed by atoms with van der Waals surface area (Å²) in [6, 6.07) is 0. The molecule has 2 rings (SSSR count). The number of rotatable bonds is 4. The van der Waals surface area contributed by atoms with E-state index >= 15 is 0 Å². The van der Waals surface area contributed by atoms with Gasteiger partial charge in [-0.1, -0.05) is 0 Å². The van der Waals surface area contributed by atoms with Crippen molar-refractivity contribution in [2.24, 2.45) is 0 Å². The molecule has 2 N–H and O–H groups in total. The van der Waals surface area contributed by atoms with E-state index in [0.717, 1.165) is 24.4 Å². The number of fused-ring (bicyclic) bond motifs is 1. The van der Waals surface area contributed by atoms with E-state index in [4.69, 9.17) is 0 Å². The van der Waals surface area contributed by atoms with Gasteiger partial charge in [0, 0.05) is 25.7 Å². The van der Waals surface area contributed by atoms with Crippen LogP contribution in [0.5, 0.6) is 0 Å². The Bertz CT molecular complexity index is 513. The lowest BCUT2D eigenvalue weighted by Crippen LogP contribution is -2.40. The van der Waals surface area contributed by atoms with Crippen LogP contribution >= 0.6 is 0 Å². The molecule has 2 aromatic rings. The Morgan fingerprint density at radius 1 is 1.28 bits per heavy atom. The quantitative estimate of drug-likeness (QED) is 0.850. The average molecular weight is 248 g/mol. The second-order valence-corrected chi connectivity index (χ2v) is 5.40. The second kappa shape index (κ2) is 4.89. The number of aromatic amines is 1. The number of H-pyrrole nitrogens is 1. The van der Waals surface area contributed by atoms with E-state index < -0.39 is 0 Å². The van der Waals surface area contributed by atoms with E-state index in [-0.39, 0.29) is 5.54 Å². The van der Waals surface area contributed by atoms with E-state index in [1.54, 1.807) is 12.7 Å². The Morgan fingerprint density at radius 2 is 2.06 bits per heavy atom. The van der Waals surface area contributed by atoms with E-state index in [1.807, 2.05) is 7.05 Å². The smallest absolute Gasteiger partial charge is 0.182 e. The van der Waals surface area contributed by atoms with Crippen LogP contribution < -0.4 is 10.2 Å². The maximum Gasteiger partial charge on any atom is 0.182 e. The summed E-state index contributed by atoms with van der Waals surface area (Å²) in [5.74, 6) is 0.883. The first-order chi connectivity index (χ1) is 8.47. The van der Waals surface area contributed by atoms with Gasteiger partial charge in [0.2, 0.25) is 0 Å². The third-order valence-electron chi connectivity index (χ3n) is 2.67. The fourth-order valence-electron chi connectivity index (χ4n) is 1.75. The molecule has 2 heterocycles. The molecule has 0 fully saturated rings. The van der Waals surface area contributed by atoms with Crippen LogP contribution in [-0.2, 0) is 0 Å². The van der Waals surface area contributed by atoms with Crippen LogP contribution in [0.2, 0.25) is 0 Å². The molecule has 2 aromatic heterocycles. The lowest BCUT2D eigenvalue weighted by Gasteiger charge is -2.24. The van der Waals surface area contributed by atoms with Gasteiger partial charge in [-0.05, 0) is 20.8 Å². The van der Waals surface area contributed by atoms with Gasteiger partial charge < -0.3 is 15.2 Å². The Morgan fingerprint density at radius 3 is 2.78 bits per heavy atom. The fraction of sp³-hybridized carbons (Fsp3) is 0.583. The van der Waals surface area contributed by atoms with Crippen molar-refractivity contribution >= 4 is 17.0 Å². The molecule has 0 atom stereocenters. The fourth-order valence-corrected chi connectivity index (χ4v) is 1.75. The number of imidazole rings is 1. The lowest BCUT2D eigenvalue weighted by atomic mass is 10.1. The van der Waals surface area contributed by atoms with Gasteiger partial charge in [0.05, 0.1) is 6.33 Å². The Balaban J connectivity index is 2.05. The predicted octanol–water partition coefficient (Wildman–Crippen LogP) is 1.18. The van der Waals surface area contributed by atoms with E-state index in [2.05, 4.69) is 50.9 Å². The Kier molecular flexibility index (Phi) is 3.47. The van der Waals surface area contributed by atoms with Crippen molar-refractivity contribution in [2.45, 2.75) is 26.3 Å². The minimum atomic E-state index is 0.135. The second-order valence-electron chi connectivity index (χ2n) is 5.40. The summed E-state index contributed by atoms with van der Waals surface area (Å²) in [5.41, 5.74) is 1.72. The Hall–Kier alpha value is -1.69. The van der Waals surface area contributed by atoms with Crippen molar-refractivity contribution in [2.75, 3.05) is 25.0 Å². The van der Waals surface area contributed by atoms with Crippen molar-refractivity contribution < 1.29 is 0 Å². The highest BCUT2D eigenvalue weighted by atomic mass is 15.2. The van der Waals surface area contributed by atoms with Gasteiger partial charge in [0.25, 0.3) is 0 Å². The molecule has 0 aliphatic rings. The van der Waals surface area contributed by atoms with E-state index in [1.165, 1.54) is 0 Å². The van der Waals surface area contributed by atoms with Gasteiger partial charge in [-0.25, -0.2) is 15.0 Å². The molecular formula is C12H20N6. The highest BCUT2D eigenvalue weighted by Crippen LogP contribution is 2.17. The first-order valence-electron chi connectivity index (χ1n) is 6.07. The van der Waals surface area contributed by atoms with Gasteiger partial charge in [0.15, 0.2) is 11.5 Å². The summed E-state index contributed by atoms with van der Waals surface area (Å²) in [7, 11) is 2.02. The minimum Gasteiger partial charge on any atom is -0.357 e. The maximum absolute atomic E-state index is 4.31. The first-order valence-corrected chi connectivity index (χ1v) is 6.07. The third-order valence-corrected chi connectivity index (χ3v) is 2.67. The van der Waals surface area contributed by atoms with Gasteiger partial charge in [-0.2, -0.15) is 0 Å². The molecular weight excluding hydrogens is 228 g/mol. The number of nitrogens with zero attached hydrogens (tertiary/aromatic N) is 4. The minimum absolute atomic E-state index is 0.135. The zero-order chi connectivity index (χ0) is 13.2. The van der Waals surface area contributed by atoms with Crippen LogP contribution in [0.3, 0.4) is 0 Å². The number of aromatic nitrogens is 4. The number of likely N-dealkylation sites (N-methyl/N-ethyl adjacent to an activating group) is 1. The molecule has 98 valence electrons. The van der Waals surface area contributed by atoms with Gasteiger partial charge >= 0.3 is 0 Å². The molecule has 0 saturated carbocycles. The average Bonchev–Trinajstić information content (AvgIpc) is 2.74. The normalized spacial score (nSPS) is 12.0. The van der Waals surface area contributed by atoms with Crippen molar-refractivity contribution in [3.63, 3.8) is 0 Å². The number of anilines is 1. The number of hydrogen-bond acceptors (Lipinski definition) is 5. The summed E-state index contributed by atoms with van der Waals surface area (Å²) in [5, 5.41) is 3.45. The third kappa shape index (κ3) is 2.95. The molecule has 18 heavy (non-hydrogen) atoms. The van der Waals surface area contributed by atoms with Crippen LogP contribution in [0.4, 0.5) is 5.82 Å². The highest BCUT2D eigenvalue weighted by molar-refractivity contribution is 5.82. The number of hydrogen-bond donors (Lipinski definition) is 2. The summed E-state index contributed by atoms with van der Waals surface area (Å²) < 4.78 is 0. The maximum atomic E-state index is 4.31. The summed E-state index contributed by atoms with van der Waals surface area (Å²) >= 11 is 0. The molecule has 6 heteroatoms. The van der Waals surface area contributed by atoms with Crippen molar-refractivity contribution in [1.82, 2.24) is 25.3 Å². The van der Waals surface area contributed by atoms with Crippen molar-refractivity contribution in [3.8, 4) is 0 Å². The first kappa shape index (κ1) is 12.8. The van der Waals surface area contributed by atoms with Crippen molar-refractivity contribution in [3.05, 3.63) is 12.7 Å². The monoisotopic (exact) mass is 248 g/mol. The molecule has 0 radical (unpaired) electrons. The van der Waals surface area contributed by atoms with Crippen LogP contribution in [0, 0.1) is 0 Å². The zero-order valence-corrected chi connectivity index (χ0v) is 11.4. The van der Waals surface area contributed by atoms with E-state index in [0.29, 0.717) is 5.65 Å². The predicted molar refractivity (Wildman–Crippen MR) is 72.7 cm³/mol. The van der Waals surface area contributed by atoms with Crippen LogP contribution in [0.1, 0.15) is 20.8 Å². The van der Waals surface area contributed by atoms with Gasteiger partial charge in [-0.3, -0.25) is 0 Å². The molecule has 0 bridgehead atoms. The SMILES string of the molecule is CN(CCNC(C)(C)C)c1ncnc2nc[nH]c12. The Labute approximate surface area is 107 Å². The largest absolute Gasteiger partial charge is 0.357 e. The molecule has 0 aliphatic carbocycles. The molecule has 0 aromatic carbocycles. The van der Waals surface area contributed by atoms with Crippen molar-refractivity contribution in [1.29, 1.82) is 0 Å². The molecule has 0 amide bonds. The van der Waals surface area contributed by atoms with Crippen LogP contribution in [0.25, 0.3) is 11.2 Å². The van der Waals surface area contributed by atoms with Gasteiger partial charge in [0.1, 0.15) is 11.8 Å². The summed E-state index contributed by atoms with van der Waals surface area (Å²) in [4.78, 5) is 17.7. The van der Waals surface area contributed by atoms with Gasteiger partial charge in [-0.15, -0.1) is 0 Å². The highest BCUT2D eigenvalue weighted by Gasteiger charge is 2.12. The summed E-state index contributed by atoms with van der Waals surface area (Å²) in [6.07, 6.45) is 3.19. The molecule has 0 saturated heterocycles. The number of nitrogens with one attached hydrogen (secondary N) is 2. The van der Waals surface area contributed by atoms with E-state index in [9.17, 15) is 0 Å². The topological polar surface area (TPSA) is 69.7 Å². The van der Waals surface area contributed by atoms with Crippen LogP contribution in [0.15, 0.2) is 12.7 Å². The lowest BCUT2D eigenvalue weighted by molar-refractivity contribution is 0.430. The molecule has 0 unspecified atom stereocenters.